The molecule has 0 saturated heterocycles. The Morgan fingerprint density at radius 1 is 1.14 bits per heavy atom. The van der Waals surface area contributed by atoms with Crippen LogP contribution >= 0.6 is 11.8 Å². The van der Waals surface area contributed by atoms with Gasteiger partial charge in [0.25, 0.3) is 0 Å². The second-order valence-electron chi connectivity index (χ2n) is 9.46. The van der Waals surface area contributed by atoms with Gasteiger partial charge in [0.05, 0.1) is 36.7 Å². The average molecular weight is 501 g/mol. The Morgan fingerprint density at radius 2 is 1.94 bits per heavy atom. The quantitative estimate of drug-likeness (QED) is 0.292. The highest BCUT2D eigenvalue weighted by Gasteiger charge is 2.18. The van der Waals surface area contributed by atoms with E-state index in [1.807, 2.05) is 32.9 Å². The van der Waals surface area contributed by atoms with Crippen LogP contribution in [0.25, 0.3) is 0 Å². The number of aromatic nitrogens is 1. The molecule has 1 N–H and O–H groups in total. The number of hydrogen-bond donors (Lipinski definition) is 1. The molecule has 190 valence electrons. The van der Waals surface area contributed by atoms with Gasteiger partial charge < -0.3 is 19.3 Å². The predicted octanol–water partition coefficient (Wildman–Crippen LogP) is 5.77. The van der Waals surface area contributed by atoms with Crippen LogP contribution in [0, 0.1) is 0 Å². The standard InChI is InChI=1S/C27H36N2O5S/c1-27(2,3)34-26(31)9-7-5-6-8-14-33-20-11-10-19-15-25(29-22(19)16-20)35-18-23-21(17-30)24(32-4)12-13-28-23/h10-13,16,30H,5-9,14-15,17-18H2,1-4H3. The first-order valence-electron chi connectivity index (χ1n) is 12.1. The minimum absolute atomic E-state index is 0.107. The number of rotatable bonds is 12. The van der Waals surface area contributed by atoms with E-state index in [4.69, 9.17) is 19.2 Å². The van der Waals surface area contributed by atoms with Gasteiger partial charge in [-0.15, -0.1) is 11.8 Å². The molecule has 0 fully saturated rings. The van der Waals surface area contributed by atoms with Crippen molar-refractivity contribution in [2.24, 2.45) is 4.99 Å². The summed E-state index contributed by atoms with van der Waals surface area (Å²) in [6, 6.07) is 7.83. The van der Waals surface area contributed by atoms with Crippen LogP contribution in [0.2, 0.25) is 0 Å². The molecule has 2 aromatic rings. The van der Waals surface area contributed by atoms with E-state index in [1.165, 1.54) is 5.56 Å². The first-order chi connectivity index (χ1) is 16.8. The zero-order valence-electron chi connectivity index (χ0n) is 21.1. The molecule has 1 aliphatic rings. The number of carbonyl (C=O) groups is 1. The molecule has 0 amide bonds. The second-order valence-corrected chi connectivity index (χ2v) is 10.5. The van der Waals surface area contributed by atoms with E-state index in [1.54, 1.807) is 31.1 Å². The summed E-state index contributed by atoms with van der Waals surface area (Å²) >= 11 is 1.63. The molecule has 7 nitrogen and oxygen atoms in total. The van der Waals surface area contributed by atoms with Gasteiger partial charge in [-0.3, -0.25) is 9.78 Å². The largest absolute Gasteiger partial charge is 0.496 e. The molecule has 0 spiro atoms. The molecule has 0 atom stereocenters. The fourth-order valence-corrected chi connectivity index (χ4v) is 4.74. The molecular formula is C27H36N2O5S. The summed E-state index contributed by atoms with van der Waals surface area (Å²) in [6.07, 6.45) is 6.74. The summed E-state index contributed by atoms with van der Waals surface area (Å²) in [5.74, 6) is 1.97. The third-order valence-electron chi connectivity index (χ3n) is 5.46. The number of methoxy groups -OCH3 is 1. The van der Waals surface area contributed by atoms with Crippen molar-refractivity contribution in [3.8, 4) is 11.5 Å². The van der Waals surface area contributed by atoms with Crippen molar-refractivity contribution in [3.05, 3.63) is 47.3 Å². The van der Waals surface area contributed by atoms with Crippen molar-refractivity contribution in [3.63, 3.8) is 0 Å². The lowest BCUT2D eigenvalue weighted by atomic mass is 10.1. The number of carbonyl (C=O) groups excluding carboxylic acids is 1. The van der Waals surface area contributed by atoms with Gasteiger partial charge in [-0.2, -0.15) is 0 Å². The van der Waals surface area contributed by atoms with Crippen molar-refractivity contribution in [2.75, 3.05) is 13.7 Å². The molecule has 0 radical (unpaired) electrons. The number of esters is 1. The van der Waals surface area contributed by atoms with Gasteiger partial charge in [0.15, 0.2) is 0 Å². The SMILES string of the molecule is COc1ccnc(CSC2=Nc3cc(OCCCCCCC(=O)OC(C)(C)C)ccc3C2)c1CO. The zero-order chi connectivity index (χ0) is 25.3. The summed E-state index contributed by atoms with van der Waals surface area (Å²) in [5, 5.41) is 10.7. The Labute approximate surface area is 212 Å². The molecule has 0 unspecified atom stereocenters. The smallest absolute Gasteiger partial charge is 0.306 e. The monoisotopic (exact) mass is 500 g/mol. The molecule has 8 heteroatoms. The number of ether oxygens (including phenoxy) is 3. The molecule has 35 heavy (non-hydrogen) atoms. The topological polar surface area (TPSA) is 90.2 Å². The fraction of sp³-hybridized carbons (Fsp3) is 0.519. The van der Waals surface area contributed by atoms with Gasteiger partial charge in [-0.1, -0.05) is 18.9 Å². The Hall–Kier alpha value is -2.58. The fourth-order valence-electron chi connectivity index (χ4n) is 3.77. The predicted molar refractivity (Wildman–Crippen MR) is 140 cm³/mol. The maximum absolute atomic E-state index is 11.7. The molecule has 0 saturated carbocycles. The second kappa shape index (κ2) is 12.9. The van der Waals surface area contributed by atoms with Gasteiger partial charge in [0.1, 0.15) is 17.1 Å². The Bertz CT molecular complexity index is 1030. The van der Waals surface area contributed by atoms with Crippen LogP contribution < -0.4 is 9.47 Å². The number of aliphatic hydroxyl groups is 1. The maximum atomic E-state index is 11.7. The number of thioether (sulfide) groups is 1. The van der Waals surface area contributed by atoms with Gasteiger partial charge in [0.2, 0.25) is 0 Å². The number of hydrogen-bond acceptors (Lipinski definition) is 8. The average Bonchev–Trinajstić information content (AvgIpc) is 3.22. The molecule has 0 bridgehead atoms. The summed E-state index contributed by atoms with van der Waals surface area (Å²) in [6.45, 7) is 6.20. The highest BCUT2D eigenvalue weighted by molar-refractivity contribution is 8.13. The summed E-state index contributed by atoms with van der Waals surface area (Å²) in [5.41, 5.74) is 3.25. The minimum Gasteiger partial charge on any atom is -0.496 e. The molecule has 2 heterocycles. The normalized spacial score (nSPS) is 12.8. The van der Waals surface area contributed by atoms with Crippen molar-refractivity contribution in [1.82, 2.24) is 4.98 Å². The highest BCUT2D eigenvalue weighted by atomic mass is 32.2. The number of benzene rings is 1. The van der Waals surface area contributed by atoms with Crippen LogP contribution in [0.4, 0.5) is 5.69 Å². The number of aliphatic hydroxyl groups excluding tert-OH is 1. The molecule has 1 aliphatic heterocycles. The Morgan fingerprint density at radius 3 is 2.69 bits per heavy atom. The number of aliphatic imine (C=N–C) groups is 1. The zero-order valence-corrected chi connectivity index (χ0v) is 22.0. The van der Waals surface area contributed by atoms with Crippen molar-refractivity contribution < 1.29 is 24.1 Å². The van der Waals surface area contributed by atoms with E-state index in [2.05, 4.69) is 11.1 Å². The van der Waals surface area contributed by atoms with Gasteiger partial charge in [-0.25, -0.2) is 4.99 Å². The highest BCUT2D eigenvalue weighted by Crippen LogP contribution is 2.35. The Kier molecular flexibility index (Phi) is 9.98. The van der Waals surface area contributed by atoms with Crippen LogP contribution in [-0.2, 0) is 28.3 Å². The third kappa shape index (κ3) is 8.54. The van der Waals surface area contributed by atoms with E-state index in [9.17, 15) is 9.90 Å². The maximum Gasteiger partial charge on any atom is 0.306 e. The summed E-state index contributed by atoms with van der Waals surface area (Å²) in [7, 11) is 1.59. The van der Waals surface area contributed by atoms with Crippen LogP contribution in [-0.4, -0.2) is 40.4 Å². The number of unbranched alkanes of at least 4 members (excludes halogenated alkanes) is 3. The van der Waals surface area contributed by atoms with Gasteiger partial charge in [0, 0.05) is 36.4 Å². The van der Waals surface area contributed by atoms with Crippen LogP contribution in [0.5, 0.6) is 11.5 Å². The van der Waals surface area contributed by atoms with E-state index in [-0.39, 0.29) is 12.6 Å². The molecule has 3 rings (SSSR count). The van der Waals surface area contributed by atoms with Crippen LogP contribution in [0.1, 0.15) is 69.7 Å². The van der Waals surface area contributed by atoms with E-state index >= 15 is 0 Å². The van der Waals surface area contributed by atoms with E-state index in [0.717, 1.165) is 59.8 Å². The minimum atomic E-state index is -0.416. The number of fused-ring (bicyclic) bond motifs is 1. The van der Waals surface area contributed by atoms with Crippen molar-refractivity contribution in [1.29, 1.82) is 0 Å². The van der Waals surface area contributed by atoms with Crippen molar-refractivity contribution >= 4 is 28.5 Å². The summed E-state index contributed by atoms with van der Waals surface area (Å²) < 4.78 is 16.6. The molecular weight excluding hydrogens is 464 g/mol. The third-order valence-corrected chi connectivity index (χ3v) is 6.45. The Balaban J connectivity index is 1.40. The van der Waals surface area contributed by atoms with Gasteiger partial charge in [-0.05, 0) is 51.3 Å². The van der Waals surface area contributed by atoms with E-state index in [0.29, 0.717) is 24.5 Å². The number of nitrogens with zero attached hydrogens (tertiary/aromatic N) is 2. The molecule has 1 aromatic carbocycles. The van der Waals surface area contributed by atoms with E-state index < -0.39 is 5.60 Å². The lowest BCUT2D eigenvalue weighted by Gasteiger charge is -2.19. The number of pyridine rings is 1. The first kappa shape index (κ1) is 27.0. The lowest BCUT2D eigenvalue weighted by molar-refractivity contribution is -0.154. The first-order valence-corrected chi connectivity index (χ1v) is 13.1. The summed E-state index contributed by atoms with van der Waals surface area (Å²) in [4.78, 5) is 20.9. The van der Waals surface area contributed by atoms with Crippen LogP contribution in [0.3, 0.4) is 0 Å². The van der Waals surface area contributed by atoms with Crippen LogP contribution in [0.15, 0.2) is 35.5 Å². The molecule has 0 aliphatic carbocycles. The molecule has 1 aromatic heterocycles. The van der Waals surface area contributed by atoms with Gasteiger partial charge >= 0.3 is 5.97 Å². The van der Waals surface area contributed by atoms with Crippen molar-refractivity contribution in [2.45, 2.75) is 77.3 Å². The lowest BCUT2D eigenvalue weighted by Crippen LogP contribution is -2.23.